The first kappa shape index (κ1) is 13.4. The number of carboxylic acids is 1. The zero-order valence-corrected chi connectivity index (χ0v) is 10.3. The number of hydrogen-bond donors (Lipinski definition) is 3. The first-order valence-electron chi connectivity index (χ1n) is 5.05. The van der Waals surface area contributed by atoms with Gasteiger partial charge in [-0.2, -0.15) is 0 Å². The molecule has 0 saturated carbocycles. The Kier molecular flexibility index (Phi) is 4.83. The molecule has 0 aliphatic heterocycles. The second-order valence-corrected chi connectivity index (χ2v) is 4.70. The van der Waals surface area contributed by atoms with Crippen LogP contribution in [0.2, 0.25) is 0 Å². The number of amides is 2. The molecule has 0 unspecified atom stereocenters. The average Bonchev–Trinajstić information content (AvgIpc) is 2.68. The van der Waals surface area contributed by atoms with Crippen molar-refractivity contribution in [2.75, 3.05) is 5.32 Å². The molecule has 0 saturated heterocycles. The third kappa shape index (κ3) is 4.77. The molecule has 0 aliphatic carbocycles. The van der Waals surface area contributed by atoms with E-state index in [2.05, 4.69) is 20.8 Å². The van der Waals surface area contributed by atoms with E-state index < -0.39 is 18.0 Å². The van der Waals surface area contributed by atoms with Crippen LogP contribution in [0.5, 0.6) is 0 Å². The van der Waals surface area contributed by atoms with Gasteiger partial charge in [-0.15, -0.1) is 10.2 Å². The average molecular weight is 258 g/mol. The van der Waals surface area contributed by atoms with E-state index in [1.807, 2.05) is 13.8 Å². The molecule has 1 heterocycles. The molecule has 94 valence electrons. The predicted molar refractivity (Wildman–Crippen MR) is 62.9 cm³/mol. The highest BCUT2D eigenvalue weighted by Crippen LogP contribution is 2.08. The van der Waals surface area contributed by atoms with Crippen molar-refractivity contribution in [2.24, 2.45) is 5.92 Å². The largest absolute Gasteiger partial charge is 0.480 e. The zero-order valence-electron chi connectivity index (χ0n) is 9.51. The van der Waals surface area contributed by atoms with E-state index in [0.29, 0.717) is 11.6 Å². The fourth-order valence-corrected chi connectivity index (χ4v) is 1.65. The van der Waals surface area contributed by atoms with Gasteiger partial charge < -0.3 is 10.4 Å². The minimum absolute atomic E-state index is 0.179. The van der Waals surface area contributed by atoms with Crippen LogP contribution in [-0.2, 0) is 4.79 Å². The summed E-state index contributed by atoms with van der Waals surface area (Å²) in [6.45, 7) is 3.78. The molecule has 0 aliphatic rings. The Morgan fingerprint density at radius 3 is 2.71 bits per heavy atom. The van der Waals surface area contributed by atoms with Gasteiger partial charge in [0.2, 0.25) is 5.13 Å². The molecule has 17 heavy (non-hydrogen) atoms. The van der Waals surface area contributed by atoms with Gasteiger partial charge in [0.15, 0.2) is 0 Å². The van der Waals surface area contributed by atoms with E-state index in [4.69, 9.17) is 5.11 Å². The lowest BCUT2D eigenvalue weighted by atomic mass is 10.0. The highest BCUT2D eigenvalue weighted by molar-refractivity contribution is 7.13. The van der Waals surface area contributed by atoms with E-state index in [0.717, 1.165) is 11.3 Å². The quantitative estimate of drug-likeness (QED) is 0.735. The lowest BCUT2D eigenvalue weighted by Gasteiger charge is -2.16. The number of anilines is 1. The summed E-state index contributed by atoms with van der Waals surface area (Å²) < 4.78 is 0. The topological polar surface area (TPSA) is 104 Å². The standard InChI is InChI=1S/C9H14N4O3S/c1-5(2)3-6(7(14)15)11-8(16)12-9-13-10-4-17-9/h4-6H,3H2,1-2H3,(H,14,15)(H2,11,12,13,16)/t6-/m0/s1. The molecule has 0 radical (unpaired) electrons. The van der Waals surface area contributed by atoms with Crippen molar-refractivity contribution < 1.29 is 14.7 Å². The molecule has 1 aromatic heterocycles. The first-order chi connectivity index (χ1) is 7.99. The van der Waals surface area contributed by atoms with Gasteiger partial charge in [0.05, 0.1) is 0 Å². The summed E-state index contributed by atoms with van der Waals surface area (Å²) in [5.74, 6) is -0.871. The molecular formula is C9H14N4O3S. The van der Waals surface area contributed by atoms with Crippen LogP contribution in [0, 0.1) is 5.92 Å². The number of hydrogen-bond acceptors (Lipinski definition) is 5. The molecule has 1 aromatic rings. The van der Waals surface area contributed by atoms with Gasteiger partial charge in [0, 0.05) is 0 Å². The van der Waals surface area contributed by atoms with Gasteiger partial charge in [-0.3, -0.25) is 5.32 Å². The lowest BCUT2D eigenvalue weighted by Crippen LogP contribution is -2.43. The van der Waals surface area contributed by atoms with Gasteiger partial charge in [-0.25, -0.2) is 9.59 Å². The number of rotatable bonds is 5. The maximum absolute atomic E-state index is 11.5. The van der Waals surface area contributed by atoms with Gasteiger partial charge in [-0.05, 0) is 12.3 Å². The Balaban J connectivity index is 2.49. The summed E-state index contributed by atoms with van der Waals surface area (Å²) in [6.07, 6.45) is 0.374. The van der Waals surface area contributed by atoms with E-state index in [1.54, 1.807) is 0 Å². The molecule has 3 N–H and O–H groups in total. The highest BCUT2D eigenvalue weighted by atomic mass is 32.1. The lowest BCUT2D eigenvalue weighted by molar-refractivity contribution is -0.139. The van der Waals surface area contributed by atoms with Crippen molar-refractivity contribution >= 4 is 28.5 Å². The molecule has 7 nitrogen and oxygen atoms in total. The molecule has 2 amide bonds. The minimum atomic E-state index is -1.05. The molecule has 0 fully saturated rings. The van der Waals surface area contributed by atoms with Gasteiger partial charge >= 0.3 is 12.0 Å². The Bertz CT molecular complexity index is 380. The third-order valence-corrected chi connectivity index (χ3v) is 2.50. The summed E-state index contributed by atoms with van der Waals surface area (Å²) >= 11 is 1.16. The summed E-state index contributed by atoms with van der Waals surface area (Å²) in [6, 6.07) is -1.49. The van der Waals surface area contributed by atoms with E-state index in [-0.39, 0.29) is 5.92 Å². The molecule has 8 heteroatoms. The third-order valence-electron chi connectivity index (χ3n) is 1.89. The highest BCUT2D eigenvalue weighted by Gasteiger charge is 2.21. The number of carbonyl (C=O) groups is 2. The number of carboxylic acid groups (broad SMARTS) is 1. The van der Waals surface area contributed by atoms with Crippen molar-refractivity contribution in [1.29, 1.82) is 0 Å². The van der Waals surface area contributed by atoms with Crippen LogP contribution in [0.15, 0.2) is 5.51 Å². The normalized spacial score (nSPS) is 12.2. The Labute approximate surface area is 102 Å². The van der Waals surface area contributed by atoms with Gasteiger partial charge in [0.25, 0.3) is 0 Å². The molecule has 1 atom stereocenters. The van der Waals surface area contributed by atoms with Gasteiger partial charge in [0.1, 0.15) is 11.6 Å². The maximum atomic E-state index is 11.5. The summed E-state index contributed by atoms with van der Waals surface area (Å²) in [7, 11) is 0. The smallest absolute Gasteiger partial charge is 0.326 e. The Morgan fingerprint density at radius 2 is 2.24 bits per heavy atom. The first-order valence-corrected chi connectivity index (χ1v) is 5.93. The van der Waals surface area contributed by atoms with Crippen LogP contribution in [0.4, 0.5) is 9.93 Å². The Hall–Kier alpha value is -1.70. The van der Waals surface area contributed by atoms with Crippen LogP contribution in [-0.4, -0.2) is 33.3 Å². The number of aromatic nitrogens is 2. The monoisotopic (exact) mass is 258 g/mol. The van der Waals surface area contributed by atoms with Crippen molar-refractivity contribution in [3.05, 3.63) is 5.51 Å². The molecule has 0 spiro atoms. The van der Waals surface area contributed by atoms with E-state index >= 15 is 0 Å². The van der Waals surface area contributed by atoms with Crippen molar-refractivity contribution in [3.8, 4) is 0 Å². The van der Waals surface area contributed by atoms with Crippen LogP contribution in [0.3, 0.4) is 0 Å². The number of nitrogens with zero attached hydrogens (tertiary/aromatic N) is 2. The molecule has 0 bridgehead atoms. The predicted octanol–water partition coefficient (Wildman–Crippen LogP) is 1.16. The maximum Gasteiger partial charge on any atom is 0.326 e. The van der Waals surface area contributed by atoms with Gasteiger partial charge in [-0.1, -0.05) is 25.2 Å². The minimum Gasteiger partial charge on any atom is -0.480 e. The van der Waals surface area contributed by atoms with Crippen molar-refractivity contribution in [2.45, 2.75) is 26.3 Å². The fourth-order valence-electron chi connectivity index (χ4n) is 1.21. The number of urea groups is 1. The van der Waals surface area contributed by atoms with E-state index in [9.17, 15) is 9.59 Å². The SMILES string of the molecule is CC(C)C[C@H](NC(=O)Nc1nncs1)C(=O)O. The molecule has 1 rings (SSSR count). The van der Waals surface area contributed by atoms with Crippen LogP contribution >= 0.6 is 11.3 Å². The number of carbonyl (C=O) groups excluding carboxylic acids is 1. The van der Waals surface area contributed by atoms with Crippen LogP contribution in [0.1, 0.15) is 20.3 Å². The number of aliphatic carboxylic acids is 1. The summed E-state index contributed by atoms with van der Waals surface area (Å²) in [5.41, 5.74) is 1.47. The van der Waals surface area contributed by atoms with Crippen molar-refractivity contribution in [3.63, 3.8) is 0 Å². The van der Waals surface area contributed by atoms with E-state index in [1.165, 1.54) is 5.51 Å². The van der Waals surface area contributed by atoms with Crippen LogP contribution in [0.25, 0.3) is 0 Å². The second-order valence-electron chi connectivity index (χ2n) is 3.86. The summed E-state index contributed by atoms with van der Waals surface area (Å²) in [5, 5.41) is 21.2. The molecular weight excluding hydrogens is 244 g/mol. The number of nitrogens with one attached hydrogen (secondary N) is 2. The Morgan fingerprint density at radius 1 is 1.53 bits per heavy atom. The second kappa shape index (κ2) is 6.14. The van der Waals surface area contributed by atoms with Crippen LogP contribution < -0.4 is 10.6 Å². The molecule has 0 aromatic carbocycles. The fraction of sp³-hybridized carbons (Fsp3) is 0.556. The zero-order chi connectivity index (χ0) is 12.8. The summed E-state index contributed by atoms with van der Waals surface area (Å²) in [4.78, 5) is 22.4. The van der Waals surface area contributed by atoms with Crippen molar-refractivity contribution in [1.82, 2.24) is 15.5 Å².